The molecule has 3 aromatic carbocycles. The van der Waals surface area contributed by atoms with E-state index in [4.69, 9.17) is 23.2 Å². The molecule has 0 aliphatic rings. The second-order valence-electron chi connectivity index (χ2n) is 7.17. The lowest BCUT2D eigenvalue weighted by atomic mass is 10.1. The first-order valence-electron chi connectivity index (χ1n) is 9.68. The number of amides is 1. The van der Waals surface area contributed by atoms with Gasteiger partial charge in [0, 0.05) is 12.1 Å². The molecule has 3 rings (SSSR count). The maximum atomic E-state index is 12.4. The number of sulfonamides is 1. The molecule has 0 aliphatic heterocycles. The Morgan fingerprint density at radius 1 is 1.00 bits per heavy atom. The van der Waals surface area contributed by atoms with Gasteiger partial charge < -0.3 is 10.4 Å². The van der Waals surface area contributed by atoms with Crippen LogP contribution in [0, 0.1) is 0 Å². The van der Waals surface area contributed by atoms with Crippen LogP contribution in [0.3, 0.4) is 0 Å². The van der Waals surface area contributed by atoms with E-state index in [1.165, 1.54) is 16.4 Å². The molecule has 32 heavy (non-hydrogen) atoms. The average Bonchev–Trinajstić information content (AvgIpc) is 2.78. The highest BCUT2D eigenvalue weighted by molar-refractivity contribution is 7.92. The minimum Gasteiger partial charge on any atom is -0.387 e. The van der Waals surface area contributed by atoms with Crippen molar-refractivity contribution in [3.8, 4) is 0 Å². The second kappa shape index (κ2) is 10.4. The van der Waals surface area contributed by atoms with Gasteiger partial charge in [0.2, 0.25) is 10.0 Å². The summed E-state index contributed by atoms with van der Waals surface area (Å²) in [5, 5.41) is 13.5. The zero-order valence-electron chi connectivity index (χ0n) is 17.2. The van der Waals surface area contributed by atoms with E-state index in [1.807, 2.05) is 18.2 Å². The van der Waals surface area contributed by atoms with Crippen LogP contribution in [0.5, 0.6) is 0 Å². The average molecular weight is 493 g/mol. The first-order chi connectivity index (χ1) is 15.2. The Bertz CT molecular complexity index is 1190. The number of carbonyl (C=O) groups is 1. The minimum atomic E-state index is -3.63. The van der Waals surface area contributed by atoms with Gasteiger partial charge in [-0.05, 0) is 41.5 Å². The van der Waals surface area contributed by atoms with Crippen molar-refractivity contribution in [3.63, 3.8) is 0 Å². The Balaban J connectivity index is 1.73. The van der Waals surface area contributed by atoms with Crippen LogP contribution in [0.25, 0.3) is 0 Å². The molecule has 0 aliphatic carbocycles. The van der Waals surface area contributed by atoms with Gasteiger partial charge in [0.05, 0.1) is 34.6 Å². The van der Waals surface area contributed by atoms with Gasteiger partial charge in [-0.15, -0.1) is 0 Å². The predicted octanol–water partition coefficient (Wildman–Crippen LogP) is 4.42. The number of carbonyl (C=O) groups excluding carboxylic acids is 1. The number of rotatable bonds is 8. The molecule has 168 valence electrons. The van der Waals surface area contributed by atoms with Crippen LogP contribution in [0.15, 0.2) is 72.8 Å². The second-order valence-corrected chi connectivity index (χ2v) is 9.86. The molecule has 0 saturated heterocycles. The van der Waals surface area contributed by atoms with Gasteiger partial charge in [-0.25, -0.2) is 8.42 Å². The highest BCUT2D eigenvalue weighted by Gasteiger charge is 2.20. The largest absolute Gasteiger partial charge is 0.387 e. The number of nitrogens with one attached hydrogen (secondary N) is 1. The Morgan fingerprint density at radius 3 is 2.28 bits per heavy atom. The summed E-state index contributed by atoms with van der Waals surface area (Å²) in [7, 11) is -3.63. The highest BCUT2D eigenvalue weighted by Crippen LogP contribution is 2.29. The quantitative estimate of drug-likeness (QED) is 0.487. The molecule has 9 heteroatoms. The van der Waals surface area contributed by atoms with Gasteiger partial charge in [-0.2, -0.15) is 0 Å². The van der Waals surface area contributed by atoms with Gasteiger partial charge in [-0.3, -0.25) is 9.10 Å². The van der Waals surface area contributed by atoms with Crippen LogP contribution in [0.1, 0.15) is 27.6 Å². The van der Waals surface area contributed by atoms with E-state index in [2.05, 4.69) is 5.32 Å². The van der Waals surface area contributed by atoms with Crippen molar-refractivity contribution in [1.82, 2.24) is 5.32 Å². The molecule has 0 saturated carbocycles. The third kappa shape index (κ3) is 6.01. The lowest BCUT2D eigenvalue weighted by molar-refractivity contribution is 0.0916. The number of benzene rings is 3. The monoisotopic (exact) mass is 492 g/mol. The Morgan fingerprint density at radius 2 is 1.66 bits per heavy atom. The Labute approximate surface area is 197 Å². The van der Waals surface area contributed by atoms with E-state index in [-0.39, 0.29) is 24.0 Å². The molecule has 0 bridgehead atoms. The van der Waals surface area contributed by atoms with Crippen molar-refractivity contribution in [1.29, 1.82) is 0 Å². The molecular formula is C23H22Cl2N2O4S. The van der Waals surface area contributed by atoms with Gasteiger partial charge in [0.15, 0.2) is 0 Å². The van der Waals surface area contributed by atoms with Crippen molar-refractivity contribution in [3.05, 3.63) is 99.5 Å². The summed E-state index contributed by atoms with van der Waals surface area (Å²) in [4.78, 5) is 12.4. The van der Waals surface area contributed by atoms with Crippen LogP contribution in [0.4, 0.5) is 5.69 Å². The lowest BCUT2D eigenvalue weighted by Crippen LogP contribution is -2.30. The molecule has 0 aromatic heterocycles. The first-order valence-corrected chi connectivity index (χ1v) is 12.3. The first kappa shape index (κ1) is 24.1. The van der Waals surface area contributed by atoms with Crippen molar-refractivity contribution in [2.45, 2.75) is 12.6 Å². The highest BCUT2D eigenvalue weighted by atomic mass is 35.5. The normalized spacial score (nSPS) is 12.2. The lowest BCUT2D eigenvalue weighted by Gasteiger charge is -2.23. The standard InChI is InChI=1S/C23H22Cl2N2O4S/c1-32(30,31)27(15-18-8-5-9-20(24)22(18)25)19-12-10-17(11-13-19)23(29)26-14-21(28)16-6-3-2-4-7-16/h2-13,21,28H,14-15H2,1H3,(H,26,29)/t21-/m0/s1. The summed E-state index contributed by atoms with van der Waals surface area (Å²) in [6.07, 6.45) is 0.263. The summed E-state index contributed by atoms with van der Waals surface area (Å²) < 4.78 is 26.0. The van der Waals surface area contributed by atoms with E-state index in [1.54, 1.807) is 42.5 Å². The van der Waals surface area contributed by atoms with Crippen LogP contribution in [0.2, 0.25) is 10.0 Å². The van der Waals surface area contributed by atoms with E-state index >= 15 is 0 Å². The van der Waals surface area contributed by atoms with E-state index in [0.29, 0.717) is 27.4 Å². The molecule has 3 aromatic rings. The number of aliphatic hydroxyl groups is 1. The van der Waals surface area contributed by atoms with Crippen LogP contribution < -0.4 is 9.62 Å². The van der Waals surface area contributed by atoms with Gasteiger partial charge >= 0.3 is 0 Å². The number of nitrogens with zero attached hydrogens (tertiary/aromatic N) is 1. The molecular weight excluding hydrogens is 471 g/mol. The molecule has 0 unspecified atom stereocenters. The SMILES string of the molecule is CS(=O)(=O)N(Cc1cccc(Cl)c1Cl)c1ccc(C(=O)NC[C@H](O)c2ccccc2)cc1. The maximum absolute atomic E-state index is 12.4. The number of anilines is 1. The van der Waals surface area contributed by atoms with E-state index < -0.39 is 16.1 Å². The number of aliphatic hydroxyl groups excluding tert-OH is 1. The molecule has 0 fully saturated rings. The topological polar surface area (TPSA) is 86.7 Å². The number of hydrogen-bond donors (Lipinski definition) is 2. The summed E-state index contributed by atoms with van der Waals surface area (Å²) in [6.45, 7) is 0.0420. The fourth-order valence-electron chi connectivity index (χ4n) is 3.09. The summed E-state index contributed by atoms with van der Waals surface area (Å²) in [6, 6.07) is 20.2. The molecule has 0 radical (unpaired) electrons. The summed E-state index contributed by atoms with van der Waals surface area (Å²) in [5.41, 5.74) is 1.97. The van der Waals surface area contributed by atoms with Crippen molar-refractivity contribution in [2.75, 3.05) is 17.1 Å². The summed E-state index contributed by atoms with van der Waals surface area (Å²) >= 11 is 12.3. The van der Waals surface area contributed by atoms with Crippen molar-refractivity contribution >= 4 is 44.8 Å². The Kier molecular flexibility index (Phi) is 7.79. The zero-order chi connectivity index (χ0) is 23.3. The molecule has 2 N–H and O–H groups in total. The molecule has 1 atom stereocenters. The van der Waals surface area contributed by atoms with Gasteiger partial charge in [0.1, 0.15) is 0 Å². The molecule has 0 heterocycles. The Hall–Kier alpha value is -2.58. The third-order valence-electron chi connectivity index (χ3n) is 4.80. The van der Waals surface area contributed by atoms with E-state index in [9.17, 15) is 18.3 Å². The van der Waals surface area contributed by atoms with Crippen LogP contribution in [-0.2, 0) is 16.6 Å². The van der Waals surface area contributed by atoms with Crippen LogP contribution >= 0.6 is 23.2 Å². The smallest absolute Gasteiger partial charge is 0.251 e. The number of halogens is 2. The van der Waals surface area contributed by atoms with E-state index in [0.717, 1.165) is 6.26 Å². The molecule has 1 amide bonds. The predicted molar refractivity (Wildman–Crippen MR) is 128 cm³/mol. The van der Waals surface area contributed by atoms with Crippen molar-refractivity contribution in [2.24, 2.45) is 0 Å². The van der Waals surface area contributed by atoms with Gasteiger partial charge in [0.25, 0.3) is 5.91 Å². The zero-order valence-corrected chi connectivity index (χ0v) is 19.5. The summed E-state index contributed by atoms with van der Waals surface area (Å²) in [5.74, 6) is -0.379. The van der Waals surface area contributed by atoms with Gasteiger partial charge in [-0.1, -0.05) is 65.7 Å². The van der Waals surface area contributed by atoms with Crippen LogP contribution in [-0.4, -0.2) is 32.2 Å². The third-order valence-corrected chi connectivity index (χ3v) is 6.80. The maximum Gasteiger partial charge on any atom is 0.251 e. The molecule has 0 spiro atoms. The fourth-order valence-corrected chi connectivity index (χ4v) is 4.35. The molecule has 6 nitrogen and oxygen atoms in total. The number of hydrogen-bond acceptors (Lipinski definition) is 4. The fraction of sp³-hybridized carbons (Fsp3) is 0.174. The van der Waals surface area contributed by atoms with Crippen molar-refractivity contribution < 1.29 is 18.3 Å². The minimum absolute atomic E-state index is 0.00691.